The highest BCUT2D eigenvalue weighted by molar-refractivity contribution is 7.99. The third-order valence-electron chi connectivity index (χ3n) is 2.94. The van der Waals surface area contributed by atoms with E-state index in [1.165, 1.54) is 0 Å². The lowest BCUT2D eigenvalue weighted by Crippen LogP contribution is -2.35. The zero-order chi connectivity index (χ0) is 14.4. The Bertz CT molecular complexity index is 572. The van der Waals surface area contributed by atoms with E-state index in [1.807, 2.05) is 49.4 Å². The molecule has 0 radical (unpaired) electrons. The van der Waals surface area contributed by atoms with Gasteiger partial charge in [-0.3, -0.25) is 4.79 Å². The van der Waals surface area contributed by atoms with Gasteiger partial charge in [-0.25, -0.2) is 0 Å². The summed E-state index contributed by atoms with van der Waals surface area (Å²) in [6, 6.07) is 17.7. The summed E-state index contributed by atoms with van der Waals surface area (Å²) in [6.45, 7) is 1.84. The first-order valence-electron chi connectivity index (χ1n) is 6.51. The molecule has 0 aliphatic carbocycles. The molecule has 0 heterocycles. The minimum Gasteiger partial charge on any atom is -0.324 e. The zero-order valence-corrected chi connectivity index (χ0v) is 12.4. The summed E-state index contributed by atoms with van der Waals surface area (Å²) in [5.41, 5.74) is 0.841. The number of amides is 1. The van der Waals surface area contributed by atoms with Gasteiger partial charge in [-0.15, -0.1) is 0 Å². The van der Waals surface area contributed by atoms with E-state index in [2.05, 4.69) is 22.8 Å². The fraction of sp³-hybridized carbons (Fsp3) is 0.188. The number of anilines is 1. The van der Waals surface area contributed by atoms with Gasteiger partial charge in [0, 0.05) is 9.79 Å². The Morgan fingerprint density at radius 3 is 2.40 bits per heavy atom. The van der Waals surface area contributed by atoms with Gasteiger partial charge in [0.15, 0.2) is 0 Å². The number of hydrogen-bond acceptors (Lipinski definition) is 3. The highest BCUT2D eigenvalue weighted by Crippen LogP contribution is 2.33. The monoisotopic (exact) mass is 286 g/mol. The molecule has 4 heteroatoms. The van der Waals surface area contributed by atoms with E-state index in [4.69, 9.17) is 0 Å². The maximum atomic E-state index is 12.0. The van der Waals surface area contributed by atoms with Crippen molar-refractivity contribution in [2.75, 3.05) is 12.4 Å². The molecule has 2 rings (SSSR count). The molecule has 0 aromatic heterocycles. The summed E-state index contributed by atoms with van der Waals surface area (Å²) in [6.07, 6.45) is 0. The normalized spacial score (nSPS) is 11.9. The molecule has 0 saturated heterocycles. The minimum absolute atomic E-state index is 0.0337. The lowest BCUT2D eigenvalue weighted by molar-refractivity contribution is -0.117. The molecule has 2 aromatic rings. The van der Waals surface area contributed by atoms with Gasteiger partial charge in [0.05, 0.1) is 11.7 Å². The first-order chi connectivity index (χ1) is 9.70. The SMILES string of the molecule is CNC(C)C(=O)Nc1ccccc1Sc1ccccc1. The maximum absolute atomic E-state index is 12.0. The van der Waals surface area contributed by atoms with Gasteiger partial charge < -0.3 is 10.6 Å². The Labute approximate surface area is 123 Å². The molecular formula is C16H18N2OS. The number of carbonyl (C=O) groups excluding carboxylic acids is 1. The standard InChI is InChI=1S/C16H18N2OS/c1-12(17-2)16(19)18-14-10-6-7-11-15(14)20-13-8-4-3-5-9-13/h3-12,17H,1-2H3,(H,18,19). The molecular weight excluding hydrogens is 268 g/mol. The summed E-state index contributed by atoms with van der Waals surface area (Å²) >= 11 is 1.64. The zero-order valence-electron chi connectivity index (χ0n) is 11.6. The first-order valence-corrected chi connectivity index (χ1v) is 7.32. The number of benzene rings is 2. The van der Waals surface area contributed by atoms with E-state index < -0.39 is 0 Å². The quantitative estimate of drug-likeness (QED) is 0.885. The van der Waals surface area contributed by atoms with Crippen LogP contribution in [0.3, 0.4) is 0 Å². The highest BCUT2D eigenvalue weighted by Gasteiger charge is 2.12. The topological polar surface area (TPSA) is 41.1 Å². The number of nitrogens with one attached hydrogen (secondary N) is 2. The average Bonchev–Trinajstić information content (AvgIpc) is 2.49. The fourth-order valence-corrected chi connectivity index (χ4v) is 2.57. The van der Waals surface area contributed by atoms with Gasteiger partial charge in [0.2, 0.25) is 5.91 Å². The van der Waals surface area contributed by atoms with Crippen LogP contribution >= 0.6 is 11.8 Å². The van der Waals surface area contributed by atoms with Crippen molar-refractivity contribution in [1.82, 2.24) is 5.32 Å². The molecule has 0 fully saturated rings. The summed E-state index contributed by atoms with van der Waals surface area (Å²) in [7, 11) is 1.77. The smallest absolute Gasteiger partial charge is 0.241 e. The van der Waals surface area contributed by atoms with Gasteiger partial charge >= 0.3 is 0 Å². The van der Waals surface area contributed by atoms with Crippen molar-refractivity contribution in [2.45, 2.75) is 22.8 Å². The molecule has 0 bridgehead atoms. The van der Waals surface area contributed by atoms with Crippen molar-refractivity contribution in [1.29, 1.82) is 0 Å². The van der Waals surface area contributed by atoms with Crippen LogP contribution in [-0.4, -0.2) is 19.0 Å². The van der Waals surface area contributed by atoms with E-state index in [9.17, 15) is 4.79 Å². The number of hydrogen-bond donors (Lipinski definition) is 2. The molecule has 2 N–H and O–H groups in total. The number of rotatable bonds is 5. The van der Waals surface area contributed by atoms with Crippen LogP contribution in [0.2, 0.25) is 0 Å². The molecule has 104 valence electrons. The Morgan fingerprint density at radius 1 is 1.05 bits per heavy atom. The van der Waals surface area contributed by atoms with Crippen LogP contribution in [0.25, 0.3) is 0 Å². The third kappa shape index (κ3) is 3.85. The molecule has 1 amide bonds. The van der Waals surface area contributed by atoms with Crippen molar-refractivity contribution in [2.24, 2.45) is 0 Å². The largest absolute Gasteiger partial charge is 0.324 e. The van der Waals surface area contributed by atoms with Crippen LogP contribution in [0.1, 0.15) is 6.92 Å². The Balaban J connectivity index is 2.16. The van der Waals surface area contributed by atoms with Crippen molar-refractivity contribution < 1.29 is 4.79 Å². The van der Waals surface area contributed by atoms with Crippen molar-refractivity contribution >= 4 is 23.4 Å². The predicted molar refractivity (Wildman–Crippen MR) is 84.2 cm³/mol. The van der Waals surface area contributed by atoms with Crippen LogP contribution in [-0.2, 0) is 4.79 Å². The average molecular weight is 286 g/mol. The van der Waals surface area contributed by atoms with Crippen molar-refractivity contribution in [3.8, 4) is 0 Å². The third-order valence-corrected chi connectivity index (χ3v) is 4.03. The molecule has 1 atom stereocenters. The summed E-state index contributed by atoms with van der Waals surface area (Å²) in [5.74, 6) is -0.0337. The van der Waals surface area contributed by atoms with E-state index >= 15 is 0 Å². The number of para-hydroxylation sites is 1. The summed E-state index contributed by atoms with van der Waals surface area (Å²) < 4.78 is 0. The van der Waals surface area contributed by atoms with E-state index in [-0.39, 0.29) is 11.9 Å². The number of carbonyl (C=O) groups is 1. The molecule has 1 unspecified atom stereocenters. The highest BCUT2D eigenvalue weighted by atomic mass is 32.2. The van der Waals surface area contributed by atoms with E-state index in [0.717, 1.165) is 15.5 Å². The predicted octanol–water partition coefficient (Wildman–Crippen LogP) is 3.38. The lowest BCUT2D eigenvalue weighted by atomic mass is 10.2. The van der Waals surface area contributed by atoms with Crippen molar-refractivity contribution in [3.63, 3.8) is 0 Å². The van der Waals surface area contributed by atoms with Gasteiger partial charge in [0.1, 0.15) is 0 Å². The van der Waals surface area contributed by atoms with Crippen LogP contribution in [0.15, 0.2) is 64.4 Å². The minimum atomic E-state index is -0.218. The van der Waals surface area contributed by atoms with Crippen molar-refractivity contribution in [3.05, 3.63) is 54.6 Å². The van der Waals surface area contributed by atoms with E-state index in [1.54, 1.807) is 18.8 Å². The van der Waals surface area contributed by atoms with Crippen LogP contribution in [0.4, 0.5) is 5.69 Å². The second kappa shape index (κ2) is 7.12. The maximum Gasteiger partial charge on any atom is 0.241 e. The Morgan fingerprint density at radius 2 is 1.70 bits per heavy atom. The molecule has 2 aromatic carbocycles. The Kier molecular flexibility index (Phi) is 5.21. The molecule has 0 aliphatic heterocycles. The lowest BCUT2D eigenvalue weighted by Gasteiger charge is -2.14. The van der Waals surface area contributed by atoms with Gasteiger partial charge in [-0.1, -0.05) is 42.1 Å². The second-order valence-electron chi connectivity index (χ2n) is 4.41. The van der Waals surface area contributed by atoms with Gasteiger partial charge in [0.25, 0.3) is 0 Å². The molecule has 3 nitrogen and oxygen atoms in total. The second-order valence-corrected chi connectivity index (χ2v) is 5.53. The molecule has 0 aliphatic rings. The molecule has 0 spiro atoms. The summed E-state index contributed by atoms with van der Waals surface area (Å²) in [4.78, 5) is 14.2. The summed E-state index contributed by atoms with van der Waals surface area (Å²) in [5, 5.41) is 5.89. The molecule has 0 saturated carbocycles. The van der Waals surface area contributed by atoms with Gasteiger partial charge in [-0.2, -0.15) is 0 Å². The van der Waals surface area contributed by atoms with Crippen LogP contribution in [0, 0.1) is 0 Å². The molecule has 20 heavy (non-hydrogen) atoms. The van der Waals surface area contributed by atoms with Gasteiger partial charge in [-0.05, 0) is 38.2 Å². The fourth-order valence-electron chi connectivity index (χ4n) is 1.65. The van der Waals surface area contributed by atoms with E-state index in [0.29, 0.717) is 0 Å². The Hall–Kier alpha value is -1.78. The number of likely N-dealkylation sites (N-methyl/N-ethyl adjacent to an activating group) is 1. The van der Waals surface area contributed by atoms with Crippen LogP contribution in [0.5, 0.6) is 0 Å². The van der Waals surface area contributed by atoms with Crippen LogP contribution < -0.4 is 10.6 Å². The first kappa shape index (κ1) is 14.6.